The number of rotatable bonds is 6. The Morgan fingerprint density at radius 3 is 2.62 bits per heavy atom. The van der Waals surface area contributed by atoms with Crippen molar-refractivity contribution in [1.82, 2.24) is 10.3 Å². The summed E-state index contributed by atoms with van der Waals surface area (Å²) in [6.07, 6.45) is 2.03. The van der Waals surface area contributed by atoms with Gasteiger partial charge in [-0.1, -0.05) is 43.3 Å². The number of nitrogens with two attached hydrogens (primary N) is 1. The Morgan fingerprint density at radius 2 is 2.00 bits per heavy atom. The molecular weight excluding hydrogens is 411 g/mol. The third-order valence-electron chi connectivity index (χ3n) is 4.98. The van der Waals surface area contributed by atoms with Gasteiger partial charge in [0.05, 0.1) is 18.6 Å². The molecule has 8 heteroatoms. The first-order valence-corrected chi connectivity index (χ1v) is 9.44. The number of hydrogen-bond donors (Lipinski definition) is 2. The van der Waals surface area contributed by atoms with Crippen molar-refractivity contribution < 1.29 is 9.53 Å². The van der Waals surface area contributed by atoms with Crippen LogP contribution in [0.5, 0.6) is 0 Å². The van der Waals surface area contributed by atoms with Gasteiger partial charge in [0, 0.05) is 31.9 Å². The number of aromatic nitrogens is 1. The number of carbonyl (C=O) groups is 1. The standard InChI is InChI=1S/C21H28N4O2.2ClH/c1-15-14-25(10-11-27-15)19-9-8-17(12-23-19)13-24-21(26)16(2)20(22)18-6-4-3-5-7-18;;/h3-9,12,15-16,20H,10-11,13-14,22H2,1-2H3,(H,24,26);2*1H. The molecule has 1 aliphatic rings. The van der Waals surface area contributed by atoms with Crippen molar-refractivity contribution in [3.8, 4) is 0 Å². The third-order valence-corrected chi connectivity index (χ3v) is 4.98. The van der Waals surface area contributed by atoms with Crippen LogP contribution in [0.25, 0.3) is 0 Å². The van der Waals surface area contributed by atoms with Gasteiger partial charge in [0.2, 0.25) is 5.91 Å². The number of benzene rings is 1. The molecule has 1 aliphatic heterocycles. The van der Waals surface area contributed by atoms with Gasteiger partial charge in [-0.3, -0.25) is 4.79 Å². The second-order valence-electron chi connectivity index (χ2n) is 7.10. The predicted octanol–water partition coefficient (Wildman–Crippen LogP) is 3.10. The second-order valence-corrected chi connectivity index (χ2v) is 7.10. The molecule has 1 amide bonds. The fourth-order valence-corrected chi connectivity index (χ4v) is 3.21. The van der Waals surface area contributed by atoms with Gasteiger partial charge in [0.15, 0.2) is 0 Å². The monoisotopic (exact) mass is 440 g/mol. The van der Waals surface area contributed by atoms with Gasteiger partial charge in [-0.15, -0.1) is 24.8 Å². The highest BCUT2D eigenvalue weighted by Gasteiger charge is 2.22. The van der Waals surface area contributed by atoms with E-state index in [-0.39, 0.29) is 48.8 Å². The molecule has 2 heterocycles. The van der Waals surface area contributed by atoms with Crippen LogP contribution in [-0.4, -0.2) is 36.7 Å². The van der Waals surface area contributed by atoms with Crippen molar-refractivity contribution in [2.45, 2.75) is 32.5 Å². The SMILES string of the molecule is CC1CN(c2ccc(CNC(=O)C(C)C(N)c3ccccc3)cn2)CCO1.Cl.Cl. The van der Waals surface area contributed by atoms with Crippen LogP contribution in [0, 0.1) is 5.92 Å². The lowest BCUT2D eigenvalue weighted by Gasteiger charge is -2.32. The van der Waals surface area contributed by atoms with Crippen molar-refractivity contribution in [3.63, 3.8) is 0 Å². The number of ether oxygens (including phenoxy) is 1. The average molecular weight is 441 g/mol. The highest BCUT2D eigenvalue weighted by molar-refractivity contribution is 5.85. The molecule has 0 saturated carbocycles. The Bertz CT molecular complexity index is 746. The first kappa shape index (κ1) is 25.2. The fourth-order valence-electron chi connectivity index (χ4n) is 3.21. The third kappa shape index (κ3) is 6.85. The molecule has 1 saturated heterocycles. The molecular formula is C21H30Cl2N4O2. The molecule has 3 unspecified atom stereocenters. The Balaban J connectivity index is 0.00000210. The zero-order chi connectivity index (χ0) is 19.2. The van der Waals surface area contributed by atoms with E-state index in [2.05, 4.69) is 22.1 Å². The van der Waals surface area contributed by atoms with E-state index in [1.807, 2.05) is 55.6 Å². The van der Waals surface area contributed by atoms with Crippen molar-refractivity contribution in [1.29, 1.82) is 0 Å². The predicted molar refractivity (Wildman–Crippen MR) is 121 cm³/mol. The minimum atomic E-state index is -0.324. The number of nitrogens with zero attached hydrogens (tertiary/aromatic N) is 2. The summed E-state index contributed by atoms with van der Waals surface area (Å²) in [4.78, 5) is 19.2. The Morgan fingerprint density at radius 1 is 1.28 bits per heavy atom. The summed E-state index contributed by atoms with van der Waals surface area (Å²) < 4.78 is 5.56. The largest absolute Gasteiger partial charge is 0.375 e. The van der Waals surface area contributed by atoms with E-state index < -0.39 is 0 Å². The molecule has 2 aromatic rings. The molecule has 3 atom stereocenters. The highest BCUT2D eigenvalue weighted by Crippen LogP contribution is 2.19. The second kappa shape index (κ2) is 12.0. The number of halogens is 2. The minimum Gasteiger partial charge on any atom is -0.375 e. The summed E-state index contributed by atoms with van der Waals surface area (Å²) in [6, 6.07) is 13.4. The summed E-state index contributed by atoms with van der Waals surface area (Å²) in [5, 5.41) is 2.96. The van der Waals surface area contributed by atoms with Crippen molar-refractivity contribution in [3.05, 3.63) is 59.8 Å². The van der Waals surface area contributed by atoms with Gasteiger partial charge in [-0.2, -0.15) is 0 Å². The van der Waals surface area contributed by atoms with Crippen molar-refractivity contribution in [2.75, 3.05) is 24.6 Å². The summed E-state index contributed by atoms with van der Waals surface area (Å²) in [5.41, 5.74) is 8.16. The molecule has 3 N–H and O–H groups in total. The molecule has 0 spiro atoms. The van der Waals surface area contributed by atoms with E-state index in [1.165, 1.54) is 0 Å². The van der Waals surface area contributed by atoms with Crippen molar-refractivity contribution in [2.24, 2.45) is 11.7 Å². The van der Waals surface area contributed by atoms with Crippen LogP contribution >= 0.6 is 24.8 Å². The van der Waals surface area contributed by atoms with Crippen LogP contribution < -0.4 is 16.0 Å². The smallest absolute Gasteiger partial charge is 0.225 e. The molecule has 0 radical (unpaired) electrons. The number of anilines is 1. The normalized spacial score (nSPS) is 18.0. The lowest BCUT2D eigenvalue weighted by atomic mass is 9.94. The molecule has 1 aromatic heterocycles. The molecule has 3 rings (SSSR count). The van der Waals surface area contributed by atoms with Gasteiger partial charge in [-0.05, 0) is 24.1 Å². The first-order valence-electron chi connectivity index (χ1n) is 9.44. The molecule has 0 bridgehead atoms. The van der Waals surface area contributed by atoms with Crippen LogP contribution in [0.4, 0.5) is 5.82 Å². The van der Waals surface area contributed by atoms with Crippen molar-refractivity contribution >= 4 is 36.5 Å². The molecule has 0 aliphatic carbocycles. The highest BCUT2D eigenvalue weighted by atomic mass is 35.5. The molecule has 6 nitrogen and oxygen atoms in total. The van der Waals surface area contributed by atoms with Crippen LogP contribution in [0.3, 0.4) is 0 Å². The van der Waals surface area contributed by atoms with Gasteiger partial charge < -0.3 is 20.7 Å². The lowest BCUT2D eigenvalue weighted by Crippen LogP contribution is -2.41. The van der Waals surface area contributed by atoms with E-state index in [0.29, 0.717) is 6.54 Å². The zero-order valence-electron chi connectivity index (χ0n) is 16.8. The summed E-state index contributed by atoms with van der Waals surface area (Å²) >= 11 is 0. The molecule has 1 fully saturated rings. The van der Waals surface area contributed by atoms with Gasteiger partial charge >= 0.3 is 0 Å². The van der Waals surface area contributed by atoms with Crippen LogP contribution in [0.15, 0.2) is 48.7 Å². The number of nitrogens with one attached hydrogen (secondary N) is 1. The quantitative estimate of drug-likeness (QED) is 0.720. The average Bonchev–Trinajstić information content (AvgIpc) is 2.72. The Kier molecular flexibility index (Phi) is 10.4. The van der Waals surface area contributed by atoms with Gasteiger partial charge in [0.25, 0.3) is 0 Å². The fraction of sp³-hybridized carbons (Fsp3) is 0.429. The topological polar surface area (TPSA) is 80.5 Å². The van der Waals surface area contributed by atoms with Crippen LogP contribution in [-0.2, 0) is 16.1 Å². The number of amides is 1. The Hall–Kier alpha value is -1.86. The van der Waals surface area contributed by atoms with Gasteiger partial charge in [0.1, 0.15) is 5.82 Å². The number of pyridine rings is 1. The molecule has 160 valence electrons. The Labute approximate surface area is 185 Å². The first-order chi connectivity index (χ1) is 13.0. The van der Waals surface area contributed by atoms with E-state index >= 15 is 0 Å². The molecule has 29 heavy (non-hydrogen) atoms. The van der Waals surface area contributed by atoms with Gasteiger partial charge in [-0.25, -0.2) is 4.98 Å². The number of hydrogen-bond acceptors (Lipinski definition) is 5. The summed E-state index contributed by atoms with van der Waals surface area (Å²) in [7, 11) is 0. The zero-order valence-corrected chi connectivity index (χ0v) is 18.4. The van der Waals surface area contributed by atoms with E-state index in [0.717, 1.165) is 36.6 Å². The number of carbonyl (C=O) groups excluding carboxylic acids is 1. The maximum Gasteiger partial charge on any atom is 0.225 e. The maximum absolute atomic E-state index is 12.4. The minimum absolute atomic E-state index is 0. The van der Waals surface area contributed by atoms with E-state index in [9.17, 15) is 4.79 Å². The lowest BCUT2D eigenvalue weighted by molar-refractivity contribution is -0.125. The van der Waals surface area contributed by atoms with Crippen LogP contribution in [0.2, 0.25) is 0 Å². The molecule has 1 aromatic carbocycles. The summed E-state index contributed by atoms with van der Waals surface area (Å²) in [6.45, 7) is 6.78. The number of morpholine rings is 1. The van der Waals surface area contributed by atoms with E-state index in [1.54, 1.807) is 0 Å². The van der Waals surface area contributed by atoms with Crippen LogP contribution in [0.1, 0.15) is 31.0 Å². The summed E-state index contributed by atoms with van der Waals surface area (Å²) in [5.74, 6) is 0.576. The van der Waals surface area contributed by atoms with E-state index in [4.69, 9.17) is 10.5 Å². The maximum atomic E-state index is 12.4.